The highest BCUT2D eigenvalue weighted by molar-refractivity contribution is 5.93. The van der Waals surface area contributed by atoms with Gasteiger partial charge in [0.1, 0.15) is 11.4 Å². The topological polar surface area (TPSA) is 58.1 Å². The Morgan fingerprint density at radius 1 is 1.10 bits per heavy atom. The van der Waals surface area contributed by atoms with E-state index < -0.39 is 0 Å². The number of anilines is 2. The summed E-state index contributed by atoms with van der Waals surface area (Å²) in [4.78, 5) is 24.3. The summed E-state index contributed by atoms with van der Waals surface area (Å²) in [7, 11) is 3.30. The van der Waals surface area contributed by atoms with Crippen LogP contribution in [0.5, 0.6) is 11.6 Å². The molecule has 4 rings (SSSR count). The Morgan fingerprint density at radius 3 is 2.48 bits per heavy atom. The fraction of sp³-hybridized carbons (Fsp3) is 0.500. The molecule has 2 heterocycles. The number of piperazine rings is 1. The van der Waals surface area contributed by atoms with Crippen molar-refractivity contribution in [1.82, 2.24) is 9.88 Å². The Hall–Kier alpha value is -2.96. The van der Waals surface area contributed by atoms with Gasteiger partial charge in [-0.15, -0.1) is 0 Å². The molecule has 1 aromatic carbocycles. The third-order valence-electron chi connectivity index (χ3n) is 6.23. The van der Waals surface area contributed by atoms with Crippen LogP contribution < -0.4 is 19.3 Å². The molecular formula is C24H32N4O3. The van der Waals surface area contributed by atoms with E-state index in [-0.39, 0.29) is 6.03 Å². The molecular weight excluding hydrogens is 392 g/mol. The number of ether oxygens (including phenoxy) is 2. The highest BCUT2D eigenvalue weighted by Crippen LogP contribution is 2.36. The Balaban J connectivity index is 1.50. The molecule has 1 saturated heterocycles. The summed E-state index contributed by atoms with van der Waals surface area (Å²) in [6, 6.07) is 10.2. The number of benzene rings is 1. The first-order valence-electron chi connectivity index (χ1n) is 11.0. The van der Waals surface area contributed by atoms with Crippen molar-refractivity contribution < 1.29 is 14.3 Å². The third-order valence-corrected chi connectivity index (χ3v) is 6.23. The molecule has 0 bridgehead atoms. The summed E-state index contributed by atoms with van der Waals surface area (Å²) in [6.07, 6.45) is 2.35. The van der Waals surface area contributed by atoms with E-state index in [1.54, 1.807) is 14.2 Å². The maximum absolute atomic E-state index is 13.6. The van der Waals surface area contributed by atoms with Gasteiger partial charge in [-0.3, -0.25) is 4.90 Å². The van der Waals surface area contributed by atoms with Gasteiger partial charge >= 0.3 is 6.03 Å². The molecule has 2 fully saturated rings. The van der Waals surface area contributed by atoms with Gasteiger partial charge in [0.15, 0.2) is 0 Å². The van der Waals surface area contributed by atoms with Crippen LogP contribution in [0.15, 0.2) is 30.3 Å². The van der Waals surface area contributed by atoms with Gasteiger partial charge in [-0.05, 0) is 56.4 Å². The van der Waals surface area contributed by atoms with Crippen molar-refractivity contribution in [2.45, 2.75) is 26.7 Å². The van der Waals surface area contributed by atoms with Crippen LogP contribution in [0, 0.1) is 19.8 Å². The SMILES string of the molecule is COc1cccc(N2CCN(C(=O)N(CC3CC3)c3cc(C)c(C)nc3OC)CC2)c1. The van der Waals surface area contributed by atoms with E-state index >= 15 is 0 Å². The van der Waals surface area contributed by atoms with Crippen LogP contribution in [0.3, 0.4) is 0 Å². The van der Waals surface area contributed by atoms with Gasteiger partial charge in [-0.2, -0.15) is 0 Å². The first kappa shape index (κ1) is 21.3. The number of amides is 2. The molecule has 0 unspecified atom stereocenters. The van der Waals surface area contributed by atoms with Crippen LogP contribution in [0.2, 0.25) is 0 Å². The Morgan fingerprint density at radius 2 is 1.84 bits per heavy atom. The Bertz CT molecular complexity index is 936. The van der Waals surface area contributed by atoms with E-state index in [1.807, 2.05) is 47.9 Å². The van der Waals surface area contributed by atoms with E-state index in [0.29, 0.717) is 24.9 Å². The number of hydrogen-bond donors (Lipinski definition) is 0. The van der Waals surface area contributed by atoms with E-state index in [0.717, 1.165) is 48.0 Å². The standard InChI is InChI=1S/C24H32N4O3/c1-17-14-22(23(31-4)25-18(17)2)28(16-19-8-9-19)24(29)27-12-10-26(11-13-27)20-6-5-7-21(15-20)30-3/h5-7,14-15,19H,8-13,16H2,1-4H3. The lowest BCUT2D eigenvalue weighted by Gasteiger charge is -2.38. The van der Waals surface area contributed by atoms with E-state index in [4.69, 9.17) is 9.47 Å². The van der Waals surface area contributed by atoms with Crippen molar-refractivity contribution in [1.29, 1.82) is 0 Å². The van der Waals surface area contributed by atoms with Gasteiger partial charge in [-0.25, -0.2) is 9.78 Å². The minimum absolute atomic E-state index is 0.0422. The van der Waals surface area contributed by atoms with Crippen LogP contribution >= 0.6 is 0 Å². The van der Waals surface area contributed by atoms with Gasteiger partial charge in [-0.1, -0.05) is 6.07 Å². The van der Waals surface area contributed by atoms with Crippen LogP contribution in [0.25, 0.3) is 0 Å². The lowest BCUT2D eigenvalue weighted by Crippen LogP contribution is -2.53. The zero-order valence-electron chi connectivity index (χ0n) is 18.9. The molecule has 2 aromatic rings. The largest absolute Gasteiger partial charge is 0.497 e. The zero-order chi connectivity index (χ0) is 22.0. The lowest BCUT2D eigenvalue weighted by molar-refractivity contribution is 0.200. The molecule has 7 nitrogen and oxygen atoms in total. The number of carbonyl (C=O) groups excluding carboxylic acids is 1. The molecule has 2 aliphatic rings. The Kier molecular flexibility index (Phi) is 6.20. The fourth-order valence-corrected chi connectivity index (χ4v) is 3.98. The van der Waals surface area contributed by atoms with Crippen molar-refractivity contribution in [2.24, 2.45) is 5.92 Å². The Labute approximate surface area is 184 Å². The summed E-state index contributed by atoms with van der Waals surface area (Å²) in [5.74, 6) is 1.93. The highest BCUT2D eigenvalue weighted by Gasteiger charge is 2.33. The summed E-state index contributed by atoms with van der Waals surface area (Å²) >= 11 is 0. The van der Waals surface area contributed by atoms with E-state index in [9.17, 15) is 4.79 Å². The average Bonchev–Trinajstić information content (AvgIpc) is 3.63. The van der Waals surface area contributed by atoms with Crippen LogP contribution in [-0.4, -0.2) is 62.9 Å². The smallest absolute Gasteiger partial charge is 0.324 e. The van der Waals surface area contributed by atoms with E-state index in [2.05, 4.69) is 16.0 Å². The van der Waals surface area contributed by atoms with E-state index in [1.165, 1.54) is 12.8 Å². The van der Waals surface area contributed by atoms with Crippen molar-refractivity contribution in [3.8, 4) is 11.6 Å². The number of aromatic nitrogens is 1. The quantitative estimate of drug-likeness (QED) is 0.705. The predicted molar refractivity (Wildman–Crippen MR) is 123 cm³/mol. The molecule has 7 heteroatoms. The third kappa shape index (κ3) is 4.70. The molecule has 0 spiro atoms. The predicted octanol–water partition coefficient (Wildman–Crippen LogP) is 3.87. The second kappa shape index (κ2) is 9.04. The molecule has 1 aliphatic heterocycles. The van der Waals surface area contributed by atoms with Gasteiger partial charge in [0.05, 0.1) is 14.2 Å². The van der Waals surface area contributed by atoms with Crippen LogP contribution in [-0.2, 0) is 0 Å². The summed E-state index contributed by atoms with van der Waals surface area (Å²) in [5.41, 5.74) is 3.89. The summed E-state index contributed by atoms with van der Waals surface area (Å²) in [5, 5.41) is 0. The van der Waals surface area contributed by atoms with Crippen LogP contribution in [0.1, 0.15) is 24.1 Å². The second-order valence-corrected chi connectivity index (χ2v) is 8.43. The molecule has 1 saturated carbocycles. The lowest BCUT2D eigenvalue weighted by atomic mass is 10.2. The highest BCUT2D eigenvalue weighted by atomic mass is 16.5. The van der Waals surface area contributed by atoms with Gasteiger partial charge in [0.25, 0.3) is 0 Å². The molecule has 0 atom stereocenters. The van der Waals surface area contributed by atoms with Crippen LogP contribution in [0.4, 0.5) is 16.2 Å². The monoisotopic (exact) mass is 424 g/mol. The number of rotatable bonds is 6. The first-order chi connectivity index (χ1) is 15.0. The number of hydrogen-bond acceptors (Lipinski definition) is 5. The minimum atomic E-state index is 0.0422. The molecule has 1 aliphatic carbocycles. The number of methoxy groups -OCH3 is 2. The number of aryl methyl sites for hydroxylation is 2. The summed E-state index contributed by atoms with van der Waals surface area (Å²) < 4.78 is 10.9. The molecule has 0 N–H and O–H groups in total. The first-order valence-corrected chi connectivity index (χ1v) is 11.0. The maximum atomic E-state index is 13.6. The molecule has 2 amide bonds. The van der Waals surface area contributed by atoms with Crippen molar-refractivity contribution >= 4 is 17.4 Å². The number of urea groups is 1. The molecule has 166 valence electrons. The second-order valence-electron chi connectivity index (χ2n) is 8.43. The van der Waals surface area contributed by atoms with Gasteiger partial charge in [0, 0.05) is 50.2 Å². The maximum Gasteiger partial charge on any atom is 0.324 e. The van der Waals surface area contributed by atoms with Crippen molar-refractivity contribution in [2.75, 3.05) is 56.7 Å². The average molecular weight is 425 g/mol. The molecule has 31 heavy (non-hydrogen) atoms. The van der Waals surface area contributed by atoms with Crippen molar-refractivity contribution in [3.05, 3.63) is 41.6 Å². The fourth-order valence-electron chi connectivity index (χ4n) is 3.98. The van der Waals surface area contributed by atoms with Crippen molar-refractivity contribution in [3.63, 3.8) is 0 Å². The van der Waals surface area contributed by atoms with Gasteiger partial charge < -0.3 is 19.3 Å². The van der Waals surface area contributed by atoms with Gasteiger partial charge in [0.2, 0.25) is 5.88 Å². The number of carbonyl (C=O) groups is 1. The number of nitrogens with zero attached hydrogens (tertiary/aromatic N) is 4. The summed E-state index contributed by atoms with van der Waals surface area (Å²) in [6.45, 7) is 7.65. The number of pyridine rings is 1. The molecule has 0 radical (unpaired) electrons. The zero-order valence-corrected chi connectivity index (χ0v) is 18.9. The normalized spacial score (nSPS) is 16.3. The minimum Gasteiger partial charge on any atom is -0.497 e. The molecule has 1 aromatic heterocycles.